The quantitative estimate of drug-likeness (QED) is 0.749. The van der Waals surface area contributed by atoms with Gasteiger partial charge in [0.2, 0.25) is 0 Å². The lowest BCUT2D eigenvalue weighted by Gasteiger charge is -2.31. The van der Waals surface area contributed by atoms with Gasteiger partial charge in [0.25, 0.3) is 0 Å². The van der Waals surface area contributed by atoms with Crippen LogP contribution in [-0.4, -0.2) is 71.4 Å². The Morgan fingerprint density at radius 1 is 1.45 bits per heavy atom. The van der Waals surface area contributed by atoms with Crippen molar-refractivity contribution in [3.05, 3.63) is 0 Å². The third-order valence-electron chi connectivity index (χ3n) is 3.73. The first-order valence-corrected chi connectivity index (χ1v) is 7.98. The number of ether oxygens (including phenoxy) is 1. The first kappa shape index (κ1) is 15.4. The van der Waals surface area contributed by atoms with Gasteiger partial charge in [-0.25, -0.2) is 9.59 Å². The van der Waals surface area contributed by atoms with Gasteiger partial charge in [-0.1, -0.05) is 0 Å². The average molecular weight is 302 g/mol. The van der Waals surface area contributed by atoms with E-state index in [1.165, 1.54) is 0 Å². The maximum atomic E-state index is 12.5. The predicted octanol–water partition coefficient (Wildman–Crippen LogP) is 1.31. The van der Waals surface area contributed by atoms with E-state index < -0.39 is 12.0 Å². The van der Waals surface area contributed by atoms with E-state index in [4.69, 9.17) is 4.74 Å². The van der Waals surface area contributed by atoms with Gasteiger partial charge in [-0.2, -0.15) is 0 Å². The highest BCUT2D eigenvalue weighted by molar-refractivity contribution is 8.00. The minimum atomic E-state index is -0.903. The van der Waals surface area contributed by atoms with Crippen LogP contribution >= 0.6 is 11.8 Å². The smallest absolute Gasteiger partial charge is 0.327 e. The molecular weight excluding hydrogens is 280 g/mol. The summed E-state index contributed by atoms with van der Waals surface area (Å²) in [6.45, 7) is 1.18. The predicted molar refractivity (Wildman–Crippen MR) is 76.8 cm³/mol. The van der Waals surface area contributed by atoms with Crippen molar-refractivity contribution in [2.75, 3.05) is 33.1 Å². The first-order valence-electron chi connectivity index (χ1n) is 6.93. The van der Waals surface area contributed by atoms with E-state index in [2.05, 4.69) is 0 Å². The van der Waals surface area contributed by atoms with Crippen LogP contribution < -0.4 is 0 Å². The molecule has 2 fully saturated rings. The van der Waals surface area contributed by atoms with Crippen LogP contribution in [0.15, 0.2) is 0 Å². The van der Waals surface area contributed by atoms with E-state index in [1.807, 2.05) is 0 Å². The normalized spacial score (nSPS) is 25.8. The number of carbonyl (C=O) groups is 2. The second-order valence-electron chi connectivity index (χ2n) is 5.37. The van der Waals surface area contributed by atoms with Gasteiger partial charge in [0.05, 0.1) is 5.37 Å². The van der Waals surface area contributed by atoms with Crippen LogP contribution in [0.3, 0.4) is 0 Å². The Morgan fingerprint density at radius 2 is 2.15 bits per heavy atom. The molecule has 2 unspecified atom stereocenters. The lowest BCUT2D eigenvalue weighted by Crippen LogP contribution is -2.51. The number of thioether (sulfide) groups is 1. The van der Waals surface area contributed by atoms with Gasteiger partial charge in [-0.15, -0.1) is 11.8 Å². The summed E-state index contributed by atoms with van der Waals surface area (Å²) in [6, 6.07) is -0.863. The van der Waals surface area contributed by atoms with Crippen molar-refractivity contribution in [1.29, 1.82) is 0 Å². The van der Waals surface area contributed by atoms with E-state index in [-0.39, 0.29) is 11.4 Å². The number of hydrogen-bond donors (Lipinski definition) is 1. The summed E-state index contributed by atoms with van der Waals surface area (Å²) in [5.41, 5.74) is 0. The molecule has 0 spiro atoms. The van der Waals surface area contributed by atoms with Gasteiger partial charge in [0, 0.05) is 33.1 Å². The van der Waals surface area contributed by atoms with Gasteiger partial charge >= 0.3 is 12.0 Å². The lowest BCUT2D eigenvalue weighted by molar-refractivity contribution is -0.141. The SMILES string of the molecule is COCCCN(C)C(=O)N1C(C(=O)O)CSC1C1CC1. The molecule has 0 aromatic rings. The standard InChI is InChI=1S/C13H22N2O4S/c1-14(6-3-7-19-2)13(18)15-10(12(16)17)8-20-11(15)9-4-5-9/h9-11H,3-8H2,1-2H3,(H,16,17). The van der Waals surface area contributed by atoms with Gasteiger partial charge in [-0.3, -0.25) is 4.90 Å². The van der Waals surface area contributed by atoms with E-state index >= 15 is 0 Å². The highest BCUT2D eigenvalue weighted by atomic mass is 32.2. The Bertz CT molecular complexity index is 375. The number of carboxylic acid groups (broad SMARTS) is 1. The fraction of sp³-hybridized carbons (Fsp3) is 0.846. The minimum Gasteiger partial charge on any atom is -0.480 e. The molecule has 1 aliphatic carbocycles. The van der Waals surface area contributed by atoms with Crippen LogP contribution in [0, 0.1) is 5.92 Å². The molecule has 2 aliphatic rings. The van der Waals surface area contributed by atoms with Crippen LogP contribution in [0.5, 0.6) is 0 Å². The van der Waals surface area contributed by atoms with Crippen LogP contribution in [0.25, 0.3) is 0 Å². The van der Waals surface area contributed by atoms with E-state index in [0.29, 0.717) is 24.8 Å². The third kappa shape index (κ3) is 3.38. The van der Waals surface area contributed by atoms with Crippen molar-refractivity contribution in [2.24, 2.45) is 5.92 Å². The van der Waals surface area contributed by atoms with Gasteiger partial charge in [-0.05, 0) is 25.2 Å². The first-order chi connectivity index (χ1) is 9.56. The minimum absolute atomic E-state index is 0.0356. The number of carbonyl (C=O) groups excluding carboxylic acids is 1. The van der Waals surface area contributed by atoms with Crippen molar-refractivity contribution in [3.8, 4) is 0 Å². The molecule has 1 saturated heterocycles. The molecule has 1 saturated carbocycles. The Morgan fingerprint density at radius 3 is 2.70 bits per heavy atom. The Labute approximate surface area is 123 Å². The van der Waals surface area contributed by atoms with Crippen LogP contribution in [0.1, 0.15) is 19.3 Å². The summed E-state index contributed by atoms with van der Waals surface area (Å²) >= 11 is 1.60. The third-order valence-corrected chi connectivity index (χ3v) is 5.20. The summed E-state index contributed by atoms with van der Waals surface area (Å²) in [5, 5.41) is 9.34. The number of nitrogens with zero attached hydrogens (tertiary/aromatic N) is 2. The maximum absolute atomic E-state index is 12.5. The molecule has 0 bridgehead atoms. The molecule has 7 heteroatoms. The largest absolute Gasteiger partial charge is 0.480 e. The zero-order valence-corrected chi connectivity index (χ0v) is 12.8. The molecule has 2 rings (SSSR count). The summed E-state index contributed by atoms with van der Waals surface area (Å²) < 4.78 is 4.98. The Balaban J connectivity index is 2.00. The van der Waals surface area contributed by atoms with Gasteiger partial charge < -0.3 is 14.7 Å². The number of methoxy groups -OCH3 is 1. The molecule has 2 amide bonds. The van der Waals surface area contributed by atoms with Gasteiger partial charge in [0.15, 0.2) is 0 Å². The molecule has 0 radical (unpaired) electrons. The number of urea groups is 1. The molecule has 0 aromatic carbocycles. The molecule has 1 heterocycles. The fourth-order valence-electron chi connectivity index (χ4n) is 2.44. The number of carboxylic acids is 1. The monoisotopic (exact) mass is 302 g/mol. The van der Waals surface area contributed by atoms with Crippen molar-refractivity contribution >= 4 is 23.8 Å². The number of hydrogen-bond acceptors (Lipinski definition) is 4. The summed E-state index contributed by atoms with van der Waals surface area (Å²) in [5.74, 6) is 0.0636. The molecule has 0 aromatic heterocycles. The van der Waals surface area contributed by atoms with E-state index in [9.17, 15) is 14.7 Å². The molecular formula is C13H22N2O4S. The molecule has 6 nitrogen and oxygen atoms in total. The second kappa shape index (κ2) is 6.67. The fourth-order valence-corrected chi connectivity index (χ4v) is 4.07. The number of rotatable bonds is 6. The highest BCUT2D eigenvalue weighted by Crippen LogP contribution is 2.45. The van der Waals surface area contributed by atoms with Crippen molar-refractivity contribution in [3.63, 3.8) is 0 Å². The van der Waals surface area contributed by atoms with Crippen molar-refractivity contribution in [2.45, 2.75) is 30.7 Å². The summed E-state index contributed by atoms with van der Waals surface area (Å²) in [6.07, 6.45) is 2.95. The Kier molecular flexibility index (Phi) is 5.15. The van der Waals surface area contributed by atoms with Crippen LogP contribution in [0.2, 0.25) is 0 Å². The summed E-state index contributed by atoms with van der Waals surface area (Å²) in [7, 11) is 3.35. The van der Waals surface area contributed by atoms with E-state index in [0.717, 1.165) is 19.3 Å². The maximum Gasteiger partial charge on any atom is 0.327 e. The molecule has 1 aliphatic heterocycles. The molecule has 2 atom stereocenters. The highest BCUT2D eigenvalue weighted by Gasteiger charge is 2.48. The number of amides is 2. The van der Waals surface area contributed by atoms with E-state index in [1.54, 1.807) is 35.7 Å². The zero-order chi connectivity index (χ0) is 14.7. The molecule has 20 heavy (non-hydrogen) atoms. The second-order valence-corrected chi connectivity index (χ2v) is 6.52. The van der Waals surface area contributed by atoms with Crippen molar-refractivity contribution in [1.82, 2.24) is 9.80 Å². The molecule has 114 valence electrons. The Hall–Kier alpha value is -0.950. The topological polar surface area (TPSA) is 70.1 Å². The lowest BCUT2D eigenvalue weighted by atomic mass is 10.2. The average Bonchev–Trinajstić information content (AvgIpc) is 3.16. The number of aliphatic carboxylic acids is 1. The van der Waals surface area contributed by atoms with Crippen molar-refractivity contribution < 1.29 is 19.4 Å². The van der Waals surface area contributed by atoms with Gasteiger partial charge in [0.1, 0.15) is 6.04 Å². The molecule has 1 N–H and O–H groups in total. The summed E-state index contributed by atoms with van der Waals surface area (Å²) in [4.78, 5) is 27.1. The van der Waals surface area contributed by atoms with Crippen LogP contribution in [0.4, 0.5) is 4.79 Å². The zero-order valence-electron chi connectivity index (χ0n) is 11.9. The van der Waals surface area contributed by atoms with Crippen LogP contribution in [-0.2, 0) is 9.53 Å².